The molecular formula is C24H24BrCl2N3O5S. The van der Waals surface area contributed by atoms with E-state index in [0.717, 1.165) is 15.5 Å². The van der Waals surface area contributed by atoms with Crippen LogP contribution in [0.3, 0.4) is 0 Å². The van der Waals surface area contributed by atoms with E-state index in [9.17, 15) is 13.2 Å². The fourth-order valence-corrected chi connectivity index (χ4v) is 7.76. The number of rotatable bonds is 5. The Morgan fingerprint density at radius 2 is 1.64 bits per heavy atom. The molecule has 0 radical (unpaired) electrons. The van der Waals surface area contributed by atoms with Gasteiger partial charge in [0.25, 0.3) is 0 Å². The summed E-state index contributed by atoms with van der Waals surface area (Å²) in [6.07, 6.45) is 0.192. The summed E-state index contributed by atoms with van der Waals surface area (Å²) >= 11 is 16.0. The molecule has 0 N–H and O–H groups in total. The third-order valence-corrected chi connectivity index (χ3v) is 10.1. The number of fused-ring (bicyclic) bond motifs is 1. The maximum Gasteiger partial charge on any atom is 0.246 e. The zero-order valence-corrected chi connectivity index (χ0v) is 23.2. The van der Waals surface area contributed by atoms with E-state index in [2.05, 4.69) is 20.8 Å². The van der Waals surface area contributed by atoms with E-state index >= 15 is 0 Å². The van der Waals surface area contributed by atoms with Gasteiger partial charge < -0.3 is 19.0 Å². The normalized spacial score (nSPS) is 17.6. The average Bonchev–Trinajstić information content (AvgIpc) is 3.28. The molecule has 0 spiro atoms. The minimum Gasteiger partial charge on any atom is -0.460 e. The van der Waals surface area contributed by atoms with E-state index in [1.807, 2.05) is 18.2 Å². The van der Waals surface area contributed by atoms with Crippen molar-refractivity contribution in [3.05, 3.63) is 56.7 Å². The highest BCUT2D eigenvalue weighted by Gasteiger charge is 2.32. The largest absolute Gasteiger partial charge is 0.460 e. The van der Waals surface area contributed by atoms with Crippen LogP contribution in [0.2, 0.25) is 10.0 Å². The number of anilines is 1. The summed E-state index contributed by atoms with van der Waals surface area (Å²) < 4.78 is 39.9. The van der Waals surface area contributed by atoms with Crippen molar-refractivity contribution in [1.82, 2.24) is 9.21 Å². The maximum atomic E-state index is 13.2. The zero-order valence-electron chi connectivity index (χ0n) is 19.3. The lowest BCUT2D eigenvalue weighted by Crippen LogP contribution is -2.48. The first-order chi connectivity index (χ1) is 17.3. The standard InChI is InChI=1S/C24H24BrCl2N3O5S/c25-23-17-14-16(15-22(31)29-10-12-34-13-11-29)35-21(17)5-4-20(23)28-6-8-30(9-7-28)36(32,33)24-18(26)2-1-3-19(24)27/h1-5,14H,6-13,15H2. The number of nitrogens with zero attached hydrogens (tertiary/aromatic N) is 3. The molecule has 0 bridgehead atoms. The van der Waals surface area contributed by atoms with E-state index in [-0.39, 0.29) is 27.3 Å². The molecule has 0 atom stereocenters. The number of amides is 1. The smallest absolute Gasteiger partial charge is 0.246 e. The Morgan fingerprint density at radius 1 is 0.972 bits per heavy atom. The number of sulfonamides is 1. The second-order valence-corrected chi connectivity index (χ2v) is 12.1. The van der Waals surface area contributed by atoms with Gasteiger partial charge in [0.1, 0.15) is 16.2 Å². The number of carbonyl (C=O) groups excluding carboxylic acids is 1. The van der Waals surface area contributed by atoms with Gasteiger partial charge in [-0.3, -0.25) is 4.79 Å². The molecular weight excluding hydrogens is 593 g/mol. The Balaban J connectivity index is 1.30. The van der Waals surface area contributed by atoms with Gasteiger partial charge in [-0.2, -0.15) is 4.31 Å². The van der Waals surface area contributed by atoms with Crippen LogP contribution in [0.15, 0.2) is 50.2 Å². The first kappa shape index (κ1) is 25.8. The number of carbonyl (C=O) groups is 1. The first-order valence-electron chi connectivity index (χ1n) is 11.5. The van der Waals surface area contributed by atoms with Gasteiger partial charge in [-0.05, 0) is 46.3 Å². The van der Waals surface area contributed by atoms with Crippen molar-refractivity contribution in [1.29, 1.82) is 0 Å². The minimum absolute atomic E-state index is 0.0182. The van der Waals surface area contributed by atoms with Gasteiger partial charge in [0, 0.05) is 44.7 Å². The molecule has 192 valence electrons. The van der Waals surface area contributed by atoms with Crippen LogP contribution in [0.4, 0.5) is 5.69 Å². The number of hydrogen-bond acceptors (Lipinski definition) is 6. The second kappa shape index (κ2) is 10.5. The Labute approximate surface area is 227 Å². The molecule has 2 fully saturated rings. The number of piperazine rings is 1. The van der Waals surface area contributed by atoms with Crippen LogP contribution in [0.25, 0.3) is 11.0 Å². The molecule has 12 heteroatoms. The third kappa shape index (κ3) is 4.99. The number of furan rings is 1. The van der Waals surface area contributed by atoms with Gasteiger partial charge in [-0.25, -0.2) is 8.42 Å². The van der Waals surface area contributed by atoms with Crippen molar-refractivity contribution in [2.45, 2.75) is 11.3 Å². The highest BCUT2D eigenvalue weighted by Crippen LogP contribution is 2.37. The SMILES string of the molecule is O=C(Cc1cc2c(Br)c(N3CCN(S(=O)(=O)c4c(Cl)cccc4Cl)CC3)ccc2o1)N1CCOCC1. The van der Waals surface area contributed by atoms with Gasteiger partial charge in [0.05, 0.1) is 39.8 Å². The lowest BCUT2D eigenvalue weighted by molar-refractivity contribution is -0.134. The van der Waals surface area contributed by atoms with Crippen molar-refractivity contribution >= 4 is 71.7 Å². The molecule has 2 aliphatic heterocycles. The van der Waals surface area contributed by atoms with Crippen LogP contribution in [0.5, 0.6) is 0 Å². The third-order valence-electron chi connectivity index (χ3n) is 6.45. The summed E-state index contributed by atoms with van der Waals surface area (Å²) in [7, 11) is -3.82. The van der Waals surface area contributed by atoms with Crippen molar-refractivity contribution < 1.29 is 22.4 Å². The van der Waals surface area contributed by atoms with Crippen molar-refractivity contribution in [3.8, 4) is 0 Å². The summed E-state index contributed by atoms with van der Waals surface area (Å²) in [4.78, 5) is 16.5. The summed E-state index contributed by atoms with van der Waals surface area (Å²) in [5, 5.41) is 1.09. The molecule has 2 aromatic carbocycles. The van der Waals surface area contributed by atoms with E-state index in [4.69, 9.17) is 32.4 Å². The van der Waals surface area contributed by atoms with Crippen LogP contribution in [0, 0.1) is 0 Å². The van der Waals surface area contributed by atoms with Crippen molar-refractivity contribution in [2.75, 3.05) is 57.4 Å². The number of morpholine rings is 1. The van der Waals surface area contributed by atoms with Crippen LogP contribution in [-0.4, -0.2) is 76.0 Å². The minimum atomic E-state index is -3.82. The Bertz CT molecular complexity index is 1380. The molecule has 5 rings (SSSR count). The number of halogens is 3. The first-order valence-corrected chi connectivity index (χ1v) is 14.5. The van der Waals surface area contributed by atoms with Crippen molar-refractivity contribution in [3.63, 3.8) is 0 Å². The highest BCUT2D eigenvalue weighted by atomic mass is 79.9. The fraction of sp³-hybridized carbons (Fsp3) is 0.375. The van der Waals surface area contributed by atoms with Crippen LogP contribution in [-0.2, 0) is 26.0 Å². The summed E-state index contributed by atoms with van der Waals surface area (Å²) in [5.74, 6) is 0.622. The topological polar surface area (TPSA) is 83.3 Å². The predicted molar refractivity (Wildman–Crippen MR) is 142 cm³/mol. The molecule has 8 nitrogen and oxygen atoms in total. The van der Waals surface area contributed by atoms with Crippen LogP contribution < -0.4 is 4.90 Å². The van der Waals surface area contributed by atoms with Gasteiger partial charge in [0.2, 0.25) is 15.9 Å². The molecule has 1 aromatic heterocycles. The zero-order chi connectivity index (χ0) is 25.4. The van der Waals surface area contributed by atoms with E-state index in [0.29, 0.717) is 63.8 Å². The number of benzene rings is 2. The quantitative estimate of drug-likeness (QED) is 0.422. The molecule has 0 saturated carbocycles. The van der Waals surface area contributed by atoms with Gasteiger partial charge in [0.15, 0.2) is 0 Å². The van der Waals surface area contributed by atoms with Gasteiger partial charge in [-0.1, -0.05) is 29.3 Å². The molecule has 3 heterocycles. The maximum absolute atomic E-state index is 13.2. The van der Waals surface area contributed by atoms with Crippen LogP contribution >= 0.6 is 39.1 Å². The van der Waals surface area contributed by atoms with E-state index in [1.165, 1.54) is 16.4 Å². The van der Waals surface area contributed by atoms with Crippen LogP contribution in [0.1, 0.15) is 5.76 Å². The molecule has 0 unspecified atom stereocenters. The Kier molecular flexibility index (Phi) is 7.54. The molecule has 2 aliphatic rings. The van der Waals surface area contributed by atoms with Crippen molar-refractivity contribution in [2.24, 2.45) is 0 Å². The number of hydrogen-bond donors (Lipinski definition) is 0. The molecule has 3 aromatic rings. The number of ether oxygens (including phenoxy) is 1. The molecule has 0 aliphatic carbocycles. The summed E-state index contributed by atoms with van der Waals surface area (Å²) in [5.41, 5.74) is 1.62. The predicted octanol–water partition coefficient (Wildman–Crippen LogP) is 4.41. The monoisotopic (exact) mass is 615 g/mol. The molecule has 2 saturated heterocycles. The Morgan fingerprint density at radius 3 is 2.31 bits per heavy atom. The van der Waals surface area contributed by atoms with Gasteiger partial charge in [-0.15, -0.1) is 0 Å². The highest BCUT2D eigenvalue weighted by molar-refractivity contribution is 9.10. The van der Waals surface area contributed by atoms with Gasteiger partial charge >= 0.3 is 0 Å². The molecule has 36 heavy (non-hydrogen) atoms. The lowest BCUT2D eigenvalue weighted by Gasteiger charge is -2.36. The lowest BCUT2D eigenvalue weighted by atomic mass is 10.2. The van der Waals surface area contributed by atoms with E-state index in [1.54, 1.807) is 11.0 Å². The average molecular weight is 617 g/mol. The fourth-order valence-electron chi connectivity index (χ4n) is 4.55. The Hall–Kier alpha value is -1.82. The molecule has 1 amide bonds. The summed E-state index contributed by atoms with van der Waals surface area (Å²) in [6, 6.07) is 10.4. The summed E-state index contributed by atoms with van der Waals surface area (Å²) in [6.45, 7) is 3.87. The second-order valence-electron chi connectivity index (χ2n) is 8.64. The van der Waals surface area contributed by atoms with E-state index < -0.39 is 10.0 Å².